The molecule has 0 aliphatic carbocycles. The van der Waals surface area contributed by atoms with E-state index >= 15 is 0 Å². The molecule has 1 atom stereocenters. The highest BCUT2D eigenvalue weighted by atomic mass is 16.5. The van der Waals surface area contributed by atoms with Crippen LogP contribution < -0.4 is 19.5 Å². The molecule has 5 nitrogen and oxygen atoms in total. The van der Waals surface area contributed by atoms with Crippen LogP contribution in [0.5, 0.6) is 17.2 Å². The molecule has 2 rings (SSSR count). The van der Waals surface area contributed by atoms with Crippen LogP contribution in [0.4, 0.5) is 0 Å². The van der Waals surface area contributed by atoms with Crippen molar-refractivity contribution in [1.29, 1.82) is 0 Å². The number of hydrogen-bond donors (Lipinski definition) is 1. The Morgan fingerprint density at radius 2 is 1.65 bits per heavy atom. The van der Waals surface area contributed by atoms with Gasteiger partial charge in [0.05, 0.1) is 13.7 Å². The third-order valence-corrected chi connectivity index (χ3v) is 4.15. The van der Waals surface area contributed by atoms with E-state index in [1.54, 1.807) is 7.11 Å². The Bertz CT molecular complexity index is 712. The van der Waals surface area contributed by atoms with Crippen molar-refractivity contribution in [1.82, 2.24) is 5.32 Å². The fourth-order valence-corrected chi connectivity index (χ4v) is 2.40. The van der Waals surface area contributed by atoms with Crippen molar-refractivity contribution >= 4 is 5.91 Å². The van der Waals surface area contributed by atoms with Gasteiger partial charge in [0.25, 0.3) is 5.91 Å². The topological polar surface area (TPSA) is 56.8 Å². The molecule has 5 heteroatoms. The SMILES string of the molecule is CC[C@H](Oc1ccc(C)c(C)c1)C(=O)NCCOc1ccc(OC)cc1. The lowest BCUT2D eigenvalue weighted by Crippen LogP contribution is -2.39. The van der Waals surface area contributed by atoms with Gasteiger partial charge in [-0.15, -0.1) is 0 Å². The van der Waals surface area contributed by atoms with Gasteiger partial charge in [-0.2, -0.15) is 0 Å². The van der Waals surface area contributed by atoms with E-state index in [1.165, 1.54) is 5.56 Å². The average molecular weight is 357 g/mol. The van der Waals surface area contributed by atoms with Gasteiger partial charge in [0.15, 0.2) is 6.10 Å². The number of carbonyl (C=O) groups excluding carboxylic acids is 1. The maximum Gasteiger partial charge on any atom is 0.261 e. The maximum atomic E-state index is 12.3. The second kappa shape index (κ2) is 9.70. The standard InChI is InChI=1S/C21H27NO4/c1-5-20(26-19-7-6-15(2)16(3)14-19)21(23)22-12-13-25-18-10-8-17(24-4)9-11-18/h6-11,14,20H,5,12-13H2,1-4H3,(H,22,23)/t20-/m0/s1. The second-order valence-electron chi connectivity index (χ2n) is 6.08. The zero-order chi connectivity index (χ0) is 18.9. The Hall–Kier alpha value is -2.69. The monoisotopic (exact) mass is 357 g/mol. The summed E-state index contributed by atoms with van der Waals surface area (Å²) in [5.41, 5.74) is 2.34. The van der Waals surface area contributed by atoms with Gasteiger partial charge in [-0.25, -0.2) is 0 Å². The molecule has 0 spiro atoms. The number of methoxy groups -OCH3 is 1. The molecular weight excluding hydrogens is 330 g/mol. The Labute approximate surface area is 155 Å². The highest BCUT2D eigenvalue weighted by molar-refractivity contribution is 5.81. The molecule has 1 amide bonds. The smallest absolute Gasteiger partial charge is 0.261 e. The summed E-state index contributed by atoms with van der Waals surface area (Å²) in [6, 6.07) is 13.2. The van der Waals surface area contributed by atoms with Crippen LogP contribution in [0.1, 0.15) is 24.5 Å². The highest BCUT2D eigenvalue weighted by Gasteiger charge is 2.18. The van der Waals surface area contributed by atoms with Gasteiger partial charge in [-0.3, -0.25) is 4.79 Å². The van der Waals surface area contributed by atoms with Gasteiger partial charge >= 0.3 is 0 Å². The molecule has 0 aliphatic heterocycles. The summed E-state index contributed by atoms with van der Waals surface area (Å²) in [4.78, 5) is 12.3. The summed E-state index contributed by atoms with van der Waals surface area (Å²) in [6.07, 6.45) is 0.0797. The molecule has 0 aliphatic rings. The van der Waals surface area contributed by atoms with Crippen LogP contribution in [0.3, 0.4) is 0 Å². The first-order valence-electron chi connectivity index (χ1n) is 8.82. The lowest BCUT2D eigenvalue weighted by Gasteiger charge is -2.18. The van der Waals surface area contributed by atoms with Gasteiger partial charge in [0.2, 0.25) is 0 Å². The van der Waals surface area contributed by atoms with Crippen molar-refractivity contribution < 1.29 is 19.0 Å². The Kier molecular flexibility index (Phi) is 7.33. The van der Waals surface area contributed by atoms with Gasteiger partial charge in [0, 0.05) is 0 Å². The van der Waals surface area contributed by atoms with Gasteiger partial charge in [-0.05, 0) is 67.8 Å². The minimum atomic E-state index is -0.516. The van der Waals surface area contributed by atoms with Crippen molar-refractivity contribution in [3.63, 3.8) is 0 Å². The van der Waals surface area contributed by atoms with E-state index < -0.39 is 6.10 Å². The molecule has 0 aromatic heterocycles. The number of rotatable bonds is 9. The zero-order valence-corrected chi connectivity index (χ0v) is 15.9. The third-order valence-electron chi connectivity index (χ3n) is 4.15. The number of amides is 1. The molecule has 140 valence electrons. The first-order valence-corrected chi connectivity index (χ1v) is 8.82. The van der Waals surface area contributed by atoms with Crippen LogP contribution in [-0.4, -0.2) is 32.3 Å². The predicted octanol–water partition coefficient (Wildman–Crippen LogP) is 3.66. The lowest BCUT2D eigenvalue weighted by atomic mass is 10.1. The molecule has 2 aromatic rings. The number of hydrogen-bond acceptors (Lipinski definition) is 4. The number of aryl methyl sites for hydroxylation is 2. The minimum Gasteiger partial charge on any atom is -0.497 e. The van der Waals surface area contributed by atoms with Crippen LogP contribution in [0.25, 0.3) is 0 Å². The zero-order valence-electron chi connectivity index (χ0n) is 15.9. The fraction of sp³-hybridized carbons (Fsp3) is 0.381. The highest BCUT2D eigenvalue weighted by Crippen LogP contribution is 2.19. The molecule has 0 fully saturated rings. The molecule has 2 aromatic carbocycles. The largest absolute Gasteiger partial charge is 0.497 e. The van der Waals surface area contributed by atoms with Crippen LogP contribution >= 0.6 is 0 Å². The van der Waals surface area contributed by atoms with Crippen LogP contribution in [-0.2, 0) is 4.79 Å². The summed E-state index contributed by atoms with van der Waals surface area (Å²) in [5, 5.41) is 2.86. The van der Waals surface area contributed by atoms with Crippen LogP contribution in [0, 0.1) is 13.8 Å². The number of carbonyl (C=O) groups is 1. The molecule has 0 heterocycles. The van der Waals surface area contributed by atoms with Gasteiger partial charge in [0.1, 0.15) is 23.9 Å². The Morgan fingerprint density at radius 3 is 2.27 bits per heavy atom. The first-order chi connectivity index (χ1) is 12.5. The molecule has 0 saturated carbocycles. The number of nitrogens with one attached hydrogen (secondary N) is 1. The summed E-state index contributed by atoms with van der Waals surface area (Å²) >= 11 is 0. The molecule has 26 heavy (non-hydrogen) atoms. The first kappa shape index (κ1) is 19.6. The normalized spacial score (nSPS) is 11.5. The molecule has 0 saturated heterocycles. The minimum absolute atomic E-state index is 0.135. The quantitative estimate of drug-likeness (QED) is 0.696. The van der Waals surface area contributed by atoms with Crippen molar-refractivity contribution in [2.45, 2.75) is 33.3 Å². The van der Waals surface area contributed by atoms with Crippen molar-refractivity contribution in [2.75, 3.05) is 20.3 Å². The summed E-state index contributed by atoms with van der Waals surface area (Å²) in [7, 11) is 1.62. The van der Waals surface area contributed by atoms with E-state index in [4.69, 9.17) is 14.2 Å². The summed E-state index contributed by atoms with van der Waals surface area (Å²) in [6.45, 7) is 6.81. The van der Waals surface area contributed by atoms with Crippen molar-refractivity contribution in [3.8, 4) is 17.2 Å². The van der Waals surface area contributed by atoms with Crippen molar-refractivity contribution in [3.05, 3.63) is 53.6 Å². The second-order valence-corrected chi connectivity index (χ2v) is 6.08. The van der Waals surface area contributed by atoms with Crippen LogP contribution in [0.2, 0.25) is 0 Å². The number of benzene rings is 2. The Morgan fingerprint density at radius 1 is 1.00 bits per heavy atom. The molecule has 0 radical (unpaired) electrons. The third kappa shape index (κ3) is 5.69. The lowest BCUT2D eigenvalue weighted by molar-refractivity contribution is -0.128. The summed E-state index contributed by atoms with van der Waals surface area (Å²) < 4.78 is 16.5. The Balaban J connectivity index is 1.78. The molecule has 0 bridgehead atoms. The predicted molar refractivity (Wildman–Crippen MR) is 102 cm³/mol. The van der Waals surface area contributed by atoms with E-state index in [2.05, 4.69) is 5.32 Å². The molecular formula is C21H27NO4. The van der Waals surface area contributed by atoms with E-state index in [0.29, 0.717) is 25.3 Å². The summed E-state index contributed by atoms with van der Waals surface area (Å²) in [5.74, 6) is 2.09. The molecule has 1 N–H and O–H groups in total. The van der Waals surface area contributed by atoms with Crippen LogP contribution in [0.15, 0.2) is 42.5 Å². The van der Waals surface area contributed by atoms with Crippen molar-refractivity contribution in [2.24, 2.45) is 0 Å². The maximum absolute atomic E-state index is 12.3. The molecule has 0 unspecified atom stereocenters. The number of ether oxygens (including phenoxy) is 3. The van der Waals surface area contributed by atoms with E-state index in [9.17, 15) is 4.79 Å². The van der Waals surface area contributed by atoms with E-state index in [1.807, 2.05) is 63.2 Å². The fourth-order valence-electron chi connectivity index (χ4n) is 2.40. The average Bonchev–Trinajstić information content (AvgIpc) is 2.66. The van der Waals surface area contributed by atoms with Gasteiger partial charge < -0.3 is 19.5 Å². The van der Waals surface area contributed by atoms with E-state index in [-0.39, 0.29) is 5.91 Å². The van der Waals surface area contributed by atoms with Gasteiger partial charge in [-0.1, -0.05) is 13.0 Å². The van der Waals surface area contributed by atoms with E-state index in [0.717, 1.165) is 17.1 Å².